The van der Waals surface area contributed by atoms with Gasteiger partial charge in [-0.3, -0.25) is 0 Å². The van der Waals surface area contributed by atoms with Gasteiger partial charge in [0.15, 0.2) is 17.3 Å². The van der Waals surface area contributed by atoms with Crippen LogP contribution in [0.2, 0.25) is 0 Å². The van der Waals surface area contributed by atoms with Crippen LogP contribution in [0.5, 0.6) is 11.5 Å². The summed E-state index contributed by atoms with van der Waals surface area (Å²) in [4.78, 5) is 11.0. The quantitative estimate of drug-likeness (QED) is 0.548. The third-order valence-electron chi connectivity index (χ3n) is 5.46. The largest absolute Gasteiger partial charge is 0.493 e. The first-order valence-corrected chi connectivity index (χ1v) is 11.5. The first kappa shape index (κ1) is 22.0. The SMILES string of the molecule is COc1ccc(-c2cc(N3CCN(S(=O)(=O)c4c(C)noc4C)CC3)ncn2)cc1OC. The Morgan fingerprint density at radius 3 is 2.31 bits per heavy atom. The number of hydrogen-bond acceptors (Lipinski definition) is 9. The van der Waals surface area contributed by atoms with Gasteiger partial charge in [0.05, 0.1) is 19.9 Å². The highest BCUT2D eigenvalue weighted by atomic mass is 32.2. The van der Waals surface area contributed by atoms with Crippen LogP contribution >= 0.6 is 0 Å². The van der Waals surface area contributed by atoms with E-state index in [1.54, 1.807) is 28.1 Å². The Bertz CT molecular complexity index is 1200. The van der Waals surface area contributed by atoms with E-state index in [4.69, 9.17) is 14.0 Å². The molecular formula is C21H25N5O5S. The van der Waals surface area contributed by atoms with Crippen LogP contribution in [0.4, 0.5) is 5.82 Å². The fraction of sp³-hybridized carbons (Fsp3) is 0.381. The fourth-order valence-corrected chi connectivity index (χ4v) is 5.52. The van der Waals surface area contributed by atoms with Crippen molar-refractivity contribution < 1.29 is 22.4 Å². The molecule has 0 unspecified atom stereocenters. The molecule has 0 atom stereocenters. The standard InChI is InChI=1S/C21H25N5O5S/c1-14-21(15(2)31-24-14)32(27,28)26-9-7-25(8-10-26)20-12-17(22-13-23-20)16-5-6-18(29-3)19(11-16)30-4/h5-6,11-13H,7-10H2,1-4H3. The molecule has 1 aliphatic heterocycles. The number of anilines is 1. The van der Waals surface area contributed by atoms with Gasteiger partial charge in [-0.05, 0) is 32.0 Å². The Kier molecular flexibility index (Phi) is 6.02. The Morgan fingerprint density at radius 1 is 0.969 bits per heavy atom. The number of aromatic nitrogens is 3. The lowest BCUT2D eigenvalue weighted by atomic mass is 10.1. The molecule has 0 saturated carbocycles. The maximum atomic E-state index is 13.0. The highest BCUT2D eigenvalue weighted by molar-refractivity contribution is 7.89. The Morgan fingerprint density at radius 2 is 1.69 bits per heavy atom. The molecular weight excluding hydrogens is 434 g/mol. The molecule has 1 fully saturated rings. The van der Waals surface area contributed by atoms with Crippen LogP contribution in [-0.2, 0) is 10.0 Å². The third-order valence-corrected chi connectivity index (χ3v) is 7.60. The summed E-state index contributed by atoms with van der Waals surface area (Å²) >= 11 is 0. The second-order valence-corrected chi connectivity index (χ2v) is 9.25. The smallest absolute Gasteiger partial charge is 0.248 e. The van der Waals surface area contributed by atoms with Crippen molar-refractivity contribution in [2.24, 2.45) is 0 Å². The normalized spacial score (nSPS) is 15.1. The summed E-state index contributed by atoms with van der Waals surface area (Å²) in [6.07, 6.45) is 1.51. The molecule has 3 heterocycles. The van der Waals surface area contributed by atoms with E-state index < -0.39 is 10.0 Å². The number of ether oxygens (including phenoxy) is 2. The molecule has 170 valence electrons. The number of piperazine rings is 1. The highest BCUT2D eigenvalue weighted by Gasteiger charge is 2.33. The minimum atomic E-state index is -3.66. The van der Waals surface area contributed by atoms with Crippen molar-refractivity contribution in [3.63, 3.8) is 0 Å². The van der Waals surface area contributed by atoms with Gasteiger partial charge in [-0.2, -0.15) is 4.31 Å². The zero-order valence-corrected chi connectivity index (χ0v) is 19.2. The summed E-state index contributed by atoms with van der Waals surface area (Å²) < 4.78 is 43.3. The van der Waals surface area contributed by atoms with E-state index in [9.17, 15) is 8.42 Å². The number of rotatable bonds is 6. The number of methoxy groups -OCH3 is 2. The van der Waals surface area contributed by atoms with Crippen molar-refractivity contribution in [2.45, 2.75) is 18.7 Å². The fourth-order valence-electron chi connectivity index (χ4n) is 3.80. The van der Waals surface area contributed by atoms with Crippen LogP contribution in [0, 0.1) is 13.8 Å². The van der Waals surface area contributed by atoms with Gasteiger partial charge in [-0.1, -0.05) is 5.16 Å². The molecule has 0 radical (unpaired) electrons. The van der Waals surface area contributed by atoms with Gasteiger partial charge in [-0.15, -0.1) is 0 Å². The van der Waals surface area contributed by atoms with Gasteiger partial charge in [-0.25, -0.2) is 18.4 Å². The van der Waals surface area contributed by atoms with Crippen molar-refractivity contribution >= 4 is 15.8 Å². The van der Waals surface area contributed by atoms with E-state index in [0.29, 0.717) is 49.1 Å². The lowest BCUT2D eigenvalue weighted by molar-refractivity contribution is 0.355. The average molecular weight is 460 g/mol. The number of nitrogens with zero attached hydrogens (tertiary/aromatic N) is 5. The summed E-state index contributed by atoms with van der Waals surface area (Å²) in [6.45, 7) is 4.93. The molecule has 3 aromatic rings. The van der Waals surface area contributed by atoms with Gasteiger partial charge in [0.1, 0.15) is 22.7 Å². The molecule has 0 spiro atoms. The number of benzene rings is 1. The molecule has 1 aliphatic rings. The molecule has 2 aromatic heterocycles. The van der Waals surface area contributed by atoms with Crippen LogP contribution in [0.1, 0.15) is 11.5 Å². The first-order valence-electron chi connectivity index (χ1n) is 10.1. The van der Waals surface area contributed by atoms with Crippen molar-refractivity contribution in [1.82, 2.24) is 19.4 Å². The molecule has 0 bridgehead atoms. The zero-order chi connectivity index (χ0) is 22.9. The maximum absolute atomic E-state index is 13.0. The second kappa shape index (κ2) is 8.75. The van der Waals surface area contributed by atoms with Crippen LogP contribution in [0.25, 0.3) is 11.3 Å². The lowest BCUT2D eigenvalue weighted by Crippen LogP contribution is -2.49. The van der Waals surface area contributed by atoms with Gasteiger partial charge < -0.3 is 18.9 Å². The summed E-state index contributed by atoms with van der Waals surface area (Å²) in [5.74, 6) is 2.30. The molecule has 4 rings (SSSR count). The van der Waals surface area contributed by atoms with E-state index in [1.807, 2.05) is 29.2 Å². The topological polar surface area (TPSA) is 111 Å². The second-order valence-electron chi connectivity index (χ2n) is 7.38. The number of aryl methyl sites for hydroxylation is 2. The molecule has 1 saturated heterocycles. The lowest BCUT2D eigenvalue weighted by Gasteiger charge is -2.34. The predicted molar refractivity (Wildman–Crippen MR) is 118 cm³/mol. The highest BCUT2D eigenvalue weighted by Crippen LogP contribution is 2.32. The van der Waals surface area contributed by atoms with E-state index in [0.717, 1.165) is 17.1 Å². The van der Waals surface area contributed by atoms with Gasteiger partial charge in [0, 0.05) is 37.8 Å². The van der Waals surface area contributed by atoms with Gasteiger partial charge in [0.25, 0.3) is 0 Å². The molecule has 32 heavy (non-hydrogen) atoms. The summed E-state index contributed by atoms with van der Waals surface area (Å²) in [5, 5.41) is 3.78. The minimum Gasteiger partial charge on any atom is -0.493 e. The Hall–Kier alpha value is -3.18. The Balaban J connectivity index is 1.51. The monoisotopic (exact) mass is 459 g/mol. The summed E-state index contributed by atoms with van der Waals surface area (Å²) in [6, 6.07) is 7.48. The summed E-state index contributed by atoms with van der Waals surface area (Å²) in [7, 11) is -0.484. The van der Waals surface area contributed by atoms with E-state index in [-0.39, 0.29) is 4.90 Å². The minimum absolute atomic E-state index is 0.156. The van der Waals surface area contributed by atoms with E-state index in [2.05, 4.69) is 15.1 Å². The van der Waals surface area contributed by atoms with E-state index >= 15 is 0 Å². The maximum Gasteiger partial charge on any atom is 0.248 e. The third kappa shape index (κ3) is 4.00. The van der Waals surface area contributed by atoms with Gasteiger partial charge in [0.2, 0.25) is 10.0 Å². The summed E-state index contributed by atoms with van der Waals surface area (Å²) in [5.41, 5.74) is 1.98. The van der Waals surface area contributed by atoms with E-state index in [1.165, 1.54) is 10.6 Å². The van der Waals surface area contributed by atoms with Crippen molar-refractivity contribution in [3.8, 4) is 22.8 Å². The molecule has 10 nitrogen and oxygen atoms in total. The van der Waals surface area contributed by atoms with Crippen LogP contribution in [-0.4, -0.2) is 68.2 Å². The molecule has 1 aromatic carbocycles. The van der Waals surface area contributed by atoms with Crippen molar-refractivity contribution in [1.29, 1.82) is 0 Å². The van der Waals surface area contributed by atoms with Gasteiger partial charge >= 0.3 is 0 Å². The predicted octanol–water partition coefficient (Wildman–Crippen LogP) is 2.28. The Labute approximate surface area is 186 Å². The van der Waals surface area contributed by atoms with Crippen molar-refractivity contribution in [2.75, 3.05) is 45.3 Å². The molecule has 0 aliphatic carbocycles. The number of sulfonamides is 1. The average Bonchev–Trinajstić information content (AvgIpc) is 3.17. The molecule has 0 N–H and O–H groups in total. The van der Waals surface area contributed by atoms with Crippen LogP contribution in [0.15, 0.2) is 40.0 Å². The molecule has 11 heteroatoms. The first-order chi connectivity index (χ1) is 15.3. The number of hydrogen-bond donors (Lipinski definition) is 0. The molecule has 0 amide bonds. The zero-order valence-electron chi connectivity index (χ0n) is 18.4. The van der Waals surface area contributed by atoms with Crippen LogP contribution in [0.3, 0.4) is 0 Å². The van der Waals surface area contributed by atoms with Crippen LogP contribution < -0.4 is 14.4 Å². The van der Waals surface area contributed by atoms with Crippen molar-refractivity contribution in [3.05, 3.63) is 42.0 Å².